The molecule has 0 atom stereocenters. The van der Waals surface area contributed by atoms with Crippen molar-refractivity contribution in [3.63, 3.8) is 0 Å². The summed E-state index contributed by atoms with van der Waals surface area (Å²) in [7, 11) is 1.56. The number of benzene rings is 1. The fourth-order valence-corrected chi connectivity index (χ4v) is 2.72. The van der Waals surface area contributed by atoms with E-state index in [4.69, 9.17) is 4.74 Å². The molecule has 6 heteroatoms. The third-order valence-corrected chi connectivity index (χ3v) is 3.76. The zero-order valence-electron chi connectivity index (χ0n) is 10.2. The SMILES string of the molecule is COc1cc(N2CCCCC2)c([N+](=O)[O-])cc1Br. The van der Waals surface area contributed by atoms with E-state index < -0.39 is 0 Å². The van der Waals surface area contributed by atoms with Crippen LogP contribution in [0.3, 0.4) is 0 Å². The lowest BCUT2D eigenvalue weighted by atomic mass is 10.1. The summed E-state index contributed by atoms with van der Waals surface area (Å²) in [6.45, 7) is 1.73. The normalized spacial score (nSPS) is 15.6. The topological polar surface area (TPSA) is 55.6 Å². The molecule has 0 spiro atoms. The summed E-state index contributed by atoms with van der Waals surface area (Å²) in [5.74, 6) is 0.626. The molecule has 1 saturated heterocycles. The minimum atomic E-state index is -0.339. The molecule has 0 unspecified atom stereocenters. The summed E-state index contributed by atoms with van der Waals surface area (Å²) in [6, 6.07) is 3.26. The lowest BCUT2D eigenvalue weighted by Gasteiger charge is -2.28. The van der Waals surface area contributed by atoms with E-state index in [2.05, 4.69) is 20.8 Å². The van der Waals surface area contributed by atoms with Gasteiger partial charge < -0.3 is 9.64 Å². The molecule has 0 saturated carbocycles. The van der Waals surface area contributed by atoms with Crippen LogP contribution in [-0.4, -0.2) is 25.1 Å². The van der Waals surface area contributed by atoms with E-state index >= 15 is 0 Å². The number of methoxy groups -OCH3 is 1. The van der Waals surface area contributed by atoms with E-state index in [1.54, 1.807) is 13.2 Å². The summed E-state index contributed by atoms with van der Waals surface area (Å²) in [4.78, 5) is 12.9. The first kappa shape index (κ1) is 13.1. The average molecular weight is 315 g/mol. The van der Waals surface area contributed by atoms with E-state index in [1.165, 1.54) is 12.5 Å². The van der Waals surface area contributed by atoms with Crippen LogP contribution < -0.4 is 9.64 Å². The third-order valence-electron chi connectivity index (χ3n) is 3.14. The molecule has 0 amide bonds. The molecule has 0 bridgehead atoms. The molecule has 1 fully saturated rings. The highest BCUT2D eigenvalue weighted by atomic mass is 79.9. The fourth-order valence-electron chi connectivity index (χ4n) is 2.22. The van der Waals surface area contributed by atoms with Crippen molar-refractivity contribution in [1.82, 2.24) is 0 Å². The van der Waals surface area contributed by atoms with Gasteiger partial charge in [0.1, 0.15) is 11.4 Å². The number of hydrogen-bond acceptors (Lipinski definition) is 4. The molecule has 1 aliphatic heterocycles. The molecular formula is C12H15BrN2O3. The Labute approximate surface area is 114 Å². The van der Waals surface area contributed by atoms with Crippen LogP contribution in [0, 0.1) is 10.1 Å². The second kappa shape index (κ2) is 5.56. The number of hydrogen-bond donors (Lipinski definition) is 0. The predicted molar refractivity (Wildman–Crippen MR) is 73.4 cm³/mol. The van der Waals surface area contributed by atoms with Crippen LogP contribution in [-0.2, 0) is 0 Å². The molecule has 5 nitrogen and oxygen atoms in total. The quantitative estimate of drug-likeness (QED) is 0.634. The smallest absolute Gasteiger partial charge is 0.293 e. The van der Waals surface area contributed by atoms with Gasteiger partial charge in [0.25, 0.3) is 5.69 Å². The Kier molecular flexibility index (Phi) is 4.06. The summed E-state index contributed by atoms with van der Waals surface area (Å²) in [5.41, 5.74) is 0.782. The van der Waals surface area contributed by atoms with Gasteiger partial charge in [-0.2, -0.15) is 0 Å². The van der Waals surface area contributed by atoms with Crippen molar-refractivity contribution >= 4 is 27.3 Å². The lowest BCUT2D eigenvalue weighted by molar-refractivity contribution is -0.384. The second-order valence-electron chi connectivity index (χ2n) is 4.28. The highest BCUT2D eigenvalue weighted by molar-refractivity contribution is 9.10. The number of nitro groups is 1. The highest BCUT2D eigenvalue weighted by Gasteiger charge is 2.23. The molecule has 1 aromatic rings. The van der Waals surface area contributed by atoms with Crippen LogP contribution in [0.25, 0.3) is 0 Å². The first-order valence-electron chi connectivity index (χ1n) is 5.90. The van der Waals surface area contributed by atoms with E-state index in [0.717, 1.165) is 25.9 Å². The van der Waals surface area contributed by atoms with Gasteiger partial charge in [0.05, 0.1) is 16.5 Å². The number of nitrogens with zero attached hydrogens (tertiary/aromatic N) is 2. The molecule has 98 valence electrons. The number of anilines is 1. The summed E-state index contributed by atoms with van der Waals surface area (Å²) < 4.78 is 5.82. The van der Waals surface area contributed by atoms with Crippen molar-refractivity contribution in [1.29, 1.82) is 0 Å². The van der Waals surface area contributed by atoms with Crippen LogP contribution in [0.2, 0.25) is 0 Å². The summed E-state index contributed by atoms with van der Waals surface area (Å²) in [6.07, 6.45) is 3.35. The standard InChI is InChI=1S/C12H15BrN2O3/c1-18-12-8-10(14-5-3-2-4-6-14)11(15(16)17)7-9(12)13/h7-8H,2-6H2,1H3. The lowest BCUT2D eigenvalue weighted by Crippen LogP contribution is -2.30. The van der Waals surface area contributed by atoms with Gasteiger partial charge in [0, 0.05) is 25.2 Å². The van der Waals surface area contributed by atoms with Gasteiger partial charge >= 0.3 is 0 Å². The number of rotatable bonds is 3. The van der Waals surface area contributed by atoms with Gasteiger partial charge in [-0.05, 0) is 35.2 Å². The van der Waals surface area contributed by atoms with Gasteiger partial charge in [-0.1, -0.05) is 0 Å². The molecule has 0 aromatic heterocycles. The van der Waals surface area contributed by atoms with Crippen LogP contribution in [0.5, 0.6) is 5.75 Å². The van der Waals surface area contributed by atoms with E-state index in [-0.39, 0.29) is 10.6 Å². The van der Waals surface area contributed by atoms with E-state index in [0.29, 0.717) is 15.9 Å². The Morgan fingerprint density at radius 2 is 2.00 bits per heavy atom. The molecule has 1 aromatic carbocycles. The largest absolute Gasteiger partial charge is 0.495 e. The molecule has 2 rings (SSSR count). The first-order chi connectivity index (χ1) is 8.63. The molecule has 1 aliphatic rings. The maximum absolute atomic E-state index is 11.1. The minimum absolute atomic E-state index is 0.129. The Bertz CT molecular complexity index is 459. The van der Waals surface area contributed by atoms with Crippen molar-refractivity contribution in [2.75, 3.05) is 25.1 Å². The van der Waals surface area contributed by atoms with Crippen LogP contribution in [0.1, 0.15) is 19.3 Å². The second-order valence-corrected chi connectivity index (χ2v) is 5.13. The summed E-state index contributed by atoms with van der Waals surface area (Å²) >= 11 is 3.29. The van der Waals surface area contributed by atoms with Gasteiger partial charge in [0.2, 0.25) is 0 Å². The van der Waals surface area contributed by atoms with Gasteiger partial charge in [0.15, 0.2) is 0 Å². The number of nitro benzene ring substituents is 1. The fraction of sp³-hybridized carbons (Fsp3) is 0.500. The molecule has 1 heterocycles. The molecule has 0 radical (unpaired) electrons. The zero-order chi connectivity index (χ0) is 13.1. The molecular weight excluding hydrogens is 300 g/mol. The predicted octanol–water partition coefficient (Wildman–Crippen LogP) is 3.36. The summed E-state index contributed by atoms with van der Waals surface area (Å²) in [5, 5.41) is 11.1. The molecule has 0 N–H and O–H groups in total. The van der Waals surface area contributed by atoms with Crippen molar-refractivity contribution in [3.8, 4) is 5.75 Å². The maximum Gasteiger partial charge on any atom is 0.293 e. The maximum atomic E-state index is 11.1. The average Bonchev–Trinajstić information content (AvgIpc) is 2.39. The van der Waals surface area contributed by atoms with Gasteiger partial charge in [-0.25, -0.2) is 0 Å². The Balaban J connectivity index is 2.44. The third kappa shape index (κ3) is 2.58. The monoisotopic (exact) mass is 314 g/mol. The van der Waals surface area contributed by atoms with E-state index in [9.17, 15) is 10.1 Å². The van der Waals surface area contributed by atoms with Crippen molar-refractivity contribution in [2.24, 2.45) is 0 Å². The van der Waals surface area contributed by atoms with Crippen molar-refractivity contribution in [3.05, 3.63) is 26.7 Å². The van der Waals surface area contributed by atoms with Crippen LogP contribution in [0.4, 0.5) is 11.4 Å². The Morgan fingerprint density at radius 1 is 1.33 bits per heavy atom. The van der Waals surface area contributed by atoms with Gasteiger partial charge in [-0.3, -0.25) is 10.1 Å². The van der Waals surface area contributed by atoms with Crippen molar-refractivity contribution < 1.29 is 9.66 Å². The Morgan fingerprint density at radius 3 is 2.56 bits per heavy atom. The minimum Gasteiger partial charge on any atom is -0.495 e. The van der Waals surface area contributed by atoms with Crippen LogP contribution in [0.15, 0.2) is 16.6 Å². The highest BCUT2D eigenvalue weighted by Crippen LogP contribution is 2.38. The molecule has 0 aliphatic carbocycles. The van der Waals surface area contributed by atoms with E-state index in [1.807, 2.05) is 0 Å². The number of halogens is 1. The first-order valence-corrected chi connectivity index (χ1v) is 6.69. The van der Waals surface area contributed by atoms with Crippen molar-refractivity contribution in [2.45, 2.75) is 19.3 Å². The van der Waals surface area contributed by atoms with Gasteiger partial charge in [-0.15, -0.1) is 0 Å². The number of ether oxygens (including phenoxy) is 1. The van der Waals surface area contributed by atoms with Crippen LogP contribution >= 0.6 is 15.9 Å². The molecule has 18 heavy (non-hydrogen) atoms. The number of piperidine rings is 1. The Hall–Kier alpha value is -1.30. The zero-order valence-corrected chi connectivity index (χ0v) is 11.8.